The van der Waals surface area contributed by atoms with E-state index in [0.717, 1.165) is 12.0 Å². The first kappa shape index (κ1) is 26.5. The molecule has 3 heterocycles. The van der Waals surface area contributed by atoms with Gasteiger partial charge in [0.05, 0.1) is 18.2 Å². The van der Waals surface area contributed by atoms with Crippen LogP contribution in [-0.4, -0.2) is 91.6 Å². The fourth-order valence-electron chi connectivity index (χ4n) is 5.26. The van der Waals surface area contributed by atoms with Crippen LogP contribution in [0.15, 0.2) is 71.4 Å². The standard InChI is InChI=1S/C27H32N6O5S/c1-30-16-23-25(34)33(18-32(23)17-30)21-12-14-31(15-13-21)26(35)24(19-6-4-3-5-7-19)29-27(36)28-20-8-10-22(11-9-20)39(2,37)38/h3-11,16,21,24H,12-15,17-18H2,1-2H3,(H2,28,29,36). The first-order valence-corrected chi connectivity index (χ1v) is 14.7. The van der Waals surface area contributed by atoms with E-state index in [4.69, 9.17) is 0 Å². The van der Waals surface area contributed by atoms with Crippen LogP contribution in [0.4, 0.5) is 10.5 Å². The molecule has 0 radical (unpaired) electrons. The Hall–Kier alpha value is -4.06. The minimum atomic E-state index is -3.35. The van der Waals surface area contributed by atoms with Gasteiger partial charge in [0.2, 0.25) is 5.91 Å². The molecule has 206 valence electrons. The Labute approximate surface area is 228 Å². The van der Waals surface area contributed by atoms with E-state index in [1.165, 1.54) is 24.3 Å². The van der Waals surface area contributed by atoms with Crippen molar-refractivity contribution in [2.24, 2.45) is 0 Å². The van der Waals surface area contributed by atoms with Gasteiger partial charge >= 0.3 is 6.03 Å². The van der Waals surface area contributed by atoms with Gasteiger partial charge in [0.25, 0.3) is 5.91 Å². The Morgan fingerprint density at radius 1 is 0.974 bits per heavy atom. The molecule has 2 N–H and O–H groups in total. The molecule has 0 aromatic heterocycles. The number of rotatable bonds is 6. The number of amides is 4. The van der Waals surface area contributed by atoms with Crippen molar-refractivity contribution in [3.05, 3.63) is 72.1 Å². The van der Waals surface area contributed by atoms with Gasteiger partial charge < -0.3 is 30.2 Å². The molecule has 39 heavy (non-hydrogen) atoms. The number of sulfone groups is 1. The van der Waals surface area contributed by atoms with Crippen LogP contribution in [-0.2, 0) is 19.4 Å². The van der Waals surface area contributed by atoms with Crippen molar-refractivity contribution < 1.29 is 22.8 Å². The maximum Gasteiger partial charge on any atom is 0.320 e. The Morgan fingerprint density at radius 2 is 1.64 bits per heavy atom. The second kappa shape index (κ2) is 10.6. The van der Waals surface area contributed by atoms with Crippen molar-refractivity contribution >= 4 is 33.4 Å². The lowest BCUT2D eigenvalue weighted by Crippen LogP contribution is -2.51. The normalized spacial score (nSPS) is 18.6. The van der Waals surface area contributed by atoms with Crippen LogP contribution < -0.4 is 10.6 Å². The van der Waals surface area contributed by atoms with Crippen LogP contribution >= 0.6 is 0 Å². The molecular formula is C27H32N6O5S. The van der Waals surface area contributed by atoms with Gasteiger partial charge in [-0.2, -0.15) is 0 Å². The summed E-state index contributed by atoms with van der Waals surface area (Å²) in [4.78, 5) is 47.3. The largest absolute Gasteiger partial charge is 0.361 e. The topological polar surface area (TPSA) is 122 Å². The molecule has 0 bridgehead atoms. The highest BCUT2D eigenvalue weighted by molar-refractivity contribution is 7.90. The number of carbonyl (C=O) groups excluding carboxylic acids is 3. The smallest absolute Gasteiger partial charge is 0.320 e. The predicted molar refractivity (Wildman–Crippen MR) is 145 cm³/mol. The highest BCUT2D eigenvalue weighted by Gasteiger charge is 2.41. The molecule has 0 spiro atoms. The Morgan fingerprint density at radius 3 is 2.26 bits per heavy atom. The van der Waals surface area contributed by atoms with Gasteiger partial charge in [-0.15, -0.1) is 0 Å². The van der Waals surface area contributed by atoms with Crippen molar-refractivity contribution in [2.45, 2.75) is 29.8 Å². The summed E-state index contributed by atoms with van der Waals surface area (Å²) >= 11 is 0. The summed E-state index contributed by atoms with van der Waals surface area (Å²) < 4.78 is 23.4. The number of fused-ring (bicyclic) bond motifs is 1. The molecule has 1 atom stereocenters. The summed E-state index contributed by atoms with van der Waals surface area (Å²) in [7, 11) is -1.41. The van der Waals surface area contributed by atoms with E-state index in [0.29, 0.717) is 50.5 Å². The Kier molecular flexibility index (Phi) is 7.21. The van der Waals surface area contributed by atoms with Crippen LogP contribution in [0.5, 0.6) is 0 Å². The van der Waals surface area contributed by atoms with Crippen molar-refractivity contribution in [3.8, 4) is 0 Å². The lowest BCUT2D eigenvalue weighted by Gasteiger charge is -2.38. The third kappa shape index (κ3) is 5.70. The number of piperidine rings is 1. The van der Waals surface area contributed by atoms with Crippen molar-refractivity contribution in [2.75, 3.05) is 45.0 Å². The van der Waals surface area contributed by atoms with E-state index in [9.17, 15) is 22.8 Å². The zero-order valence-electron chi connectivity index (χ0n) is 21.9. The Balaban J connectivity index is 1.23. The van der Waals surface area contributed by atoms with Crippen LogP contribution in [0, 0.1) is 0 Å². The summed E-state index contributed by atoms with van der Waals surface area (Å²) in [5.74, 6) is -0.186. The zero-order chi connectivity index (χ0) is 27.7. The number of hydrogen-bond acceptors (Lipinski definition) is 7. The maximum atomic E-state index is 13.6. The van der Waals surface area contributed by atoms with E-state index in [-0.39, 0.29) is 22.8 Å². The third-order valence-electron chi connectivity index (χ3n) is 7.29. The number of urea groups is 1. The number of carbonyl (C=O) groups is 3. The molecule has 3 aliphatic rings. The molecule has 0 aliphatic carbocycles. The summed E-state index contributed by atoms with van der Waals surface area (Å²) in [6.07, 6.45) is 4.31. The van der Waals surface area contributed by atoms with E-state index >= 15 is 0 Å². The molecule has 2 aromatic rings. The maximum absolute atomic E-state index is 13.6. The number of hydrogen-bond donors (Lipinski definition) is 2. The Bertz CT molecular complexity index is 1390. The average molecular weight is 553 g/mol. The highest BCUT2D eigenvalue weighted by Crippen LogP contribution is 2.30. The van der Waals surface area contributed by atoms with Gasteiger partial charge in [0, 0.05) is 44.3 Å². The predicted octanol–water partition coefficient (Wildman–Crippen LogP) is 1.79. The monoisotopic (exact) mass is 552 g/mol. The lowest BCUT2D eigenvalue weighted by molar-refractivity contribution is -0.135. The van der Waals surface area contributed by atoms with Gasteiger partial charge in [-0.25, -0.2) is 13.2 Å². The number of anilines is 1. The van der Waals surface area contributed by atoms with E-state index in [2.05, 4.69) is 15.5 Å². The molecule has 0 saturated carbocycles. The first-order valence-electron chi connectivity index (χ1n) is 12.8. The molecule has 5 rings (SSSR count). The summed E-state index contributed by atoms with van der Waals surface area (Å²) in [5.41, 5.74) is 1.77. The van der Waals surface area contributed by atoms with Gasteiger partial charge in [0.1, 0.15) is 11.7 Å². The molecule has 12 heteroatoms. The zero-order valence-corrected chi connectivity index (χ0v) is 22.7. The van der Waals surface area contributed by atoms with E-state index < -0.39 is 21.9 Å². The third-order valence-corrected chi connectivity index (χ3v) is 8.42. The second-order valence-electron chi connectivity index (χ2n) is 10.2. The molecule has 1 unspecified atom stereocenters. The number of benzene rings is 2. The molecular weight excluding hydrogens is 520 g/mol. The number of nitrogens with one attached hydrogen (secondary N) is 2. The van der Waals surface area contributed by atoms with Crippen molar-refractivity contribution in [1.82, 2.24) is 24.9 Å². The van der Waals surface area contributed by atoms with Crippen LogP contribution in [0.2, 0.25) is 0 Å². The van der Waals surface area contributed by atoms with Gasteiger partial charge in [-0.05, 0) is 42.7 Å². The van der Waals surface area contributed by atoms with Crippen molar-refractivity contribution in [3.63, 3.8) is 0 Å². The summed E-state index contributed by atoms with van der Waals surface area (Å²) in [6.45, 7) is 2.22. The molecule has 2 aromatic carbocycles. The van der Waals surface area contributed by atoms with Gasteiger partial charge in [0.15, 0.2) is 9.84 Å². The summed E-state index contributed by atoms with van der Waals surface area (Å²) in [6, 6.07) is 13.4. The average Bonchev–Trinajstić information content (AvgIpc) is 3.43. The van der Waals surface area contributed by atoms with Crippen LogP contribution in [0.25, 0.3) is 0 Å². The van der Waals surface area contributed by atoms with Gasteiger partial charge in [-0.3, -0.25) is 9.59 Å². The highest BCUT2D eigenvalue weighted by atomic mass is 32.2. The molecule has 4 amide bonds. The lowest BCUT2D eigenvalue weighted by atomic mass is 10.0. The van der Waals surface area contributed by atoms with Crippen LogP contribution in [0.1, 0.15) is 24.4 Å². The number of nitrogens with zero attached hydrogens (tertiary/aromatic N) is 4. The van der Waals surface area contributed by atoms with Gasteiger partial charge in [-0.1, -0.05) is 30.3 Å². The molecule has 2 fully saturated rings. The fraction of sp³-hybridized carbons (Fsp3) is 0.370. The first-order chi connectivity index (χ1) is 18.6. The van der Waals surface area contributed by atoms with Crippen LogP contribution in [0.3, 0.4) is 0 Å². The molecule has 2 saturated heterocycles. The quantitative estimate of drug-likeness (QED) is 0.560. The molecule has 11 nitrogen and oxygen atoms in total. The second-order valence-corrected chi connectivity index (χ2v) is 12.2. The number of likely N-dealkylation sites (tertiary alicyclic amines) is 1. The van der Waals surface area contributed by atoms with E-state index in [1.54, 1.807) is 17.0 Å². The van der Waals surface area contributed by atoms with Crippen molar-refractivity contribution in [1.29, 1.82) is 0 Å². The molecule has 3 aliphatic heterocycles. The fourth-order valence-corrected chi connectivity index (χ4v) is 5.89. The SMILES string of the molecule is CN1C=C2C(=O)N(C3CCN(C(=O)C(NC(=O)Nc4ccc(S(C)(=O)=O)cc4)c4ccccc4)CC3)CN2C1. The summed E-state index contributed by atoms with van der Waals surface area (Å²) in [5, 5.41) is 5.46. The minimum Gasteiger partial charge on any atom is -0.361 e. The van der Waals surface area contributed by atoms with E-state index in [1.807, 2.05) is 41.2 Å². The minimum absolute atomic E-state index is 0.0363.